The van der Waals surface area contributed by atoms with Crippen LogP contribution in [0.4, 0.5) is 33.7 Å². The van der Waals surface area contributed by atoms with Crippen molar-refractivity contribution in [3.05, 3.63) is 48.3 Å². The van der Waals surface area contributed by atoms with Gasteiger partial charge >= 0.3 is 12.3 Å². The van der Waals surface area contributed by atoms with Crippen LogP contribution in [0.1, 0.15) is 27.2 Å². The van der Waals surface area contributed by atoms with E-state index >= 15 is 0 Å². The zero-order valence-electron chi connectivity index (χ0n) is 20.1. The first-order valence-electron chi connectivity index (χ1n) is 11.1. The van der Waals surface area contributed by atoms with Crippen molar-refractivity contribution in [3.8, 4) is 5.75 Å². The molecule has 0 radical (unpaired) electrons. The Balaban J connectivity index is 1.95. The molecule has 0 aromatic heterocycles. The van der Waals surface area contributed by atoms with Gasteiger partial charge in [0.15, 0.2) is 0 Å². The van der Waals surface area contributed by atoms with Gasteiger partial charge < -0.3 is 14.8 Å². The molecule has 2 aromatic carbocycles. The number of hydrogen-bond acceptors (Lipinski definition) is 6. The second-order valence-electron chi connectivity index (χ2n) is 8.45. The van der Waals surface area contributed by atoms with Crippen LogP contribution in [0, 0.1) is 5.82 Å². The van der Waals surface area contributed by atoms with Crippen LogP contribution >= 0.6 is 0 Å². The van der Waals surface area contributed by atoms with E-state index in [1.54, 1.807) is 0 Å². The third-order valence-corrected chi connectivity index (χ3v) is 7.50. The summed E-state index contributed by atoms with van der Waals surface area (Å²) in [4.78, 5) is 23.4. The molecule has 9 nitrogen and oxygen atoms in total. The van der Waals surface area contributed by atoms with Crippen molar-refractivity contribution in [2.75, 3.05) is 22.7 Å². The molecule has 0 aliphatic carbocycles. The van der Waals surface area contributed by atoms with Crippen molar-refractivity contribution in [1.29, 1.82) is 0 Å². The molecule has 202 valence electrons. The molecule has 0 saturated carbocycles. The molecule has 1 aliphatic heterocycles. The third kappa shape index (κ3) is 6.24. The van der Waals surface area contributed by atoms with Gasteiger partial charge in [0.1, 0.15) is 17.7 Å². The Morgan fingerprint density at radius 1 is 1.16 bits per heavy atom. The number of halogens is 4. The molecule has 1 heterocycles. The number of rotatable bonds is 7. The molecule has 0 spiro atoms. The molecule has 3 rings (SSSR count). The molecule has 1 unspecified atom stereocenters. The minimum absolute atomic E-state index is 0.0242. The van der Waals surface area contributed by atoms with Gasteiger partial charge in [0.05, 0.1) is 23.7 Å². The zero-order chi connectivity index (χ0) is 27.6. The summed E-state index contributed by atoms with van der Waals surface area (Å²) in [6.07, 6.45) is -7.53. The maximum absolute atomic E-state index is 13.4. The summed E-state index contributed by atoms with van der Waals surface area (Å²) in [6, 6.07) is 7.91. The Hall–Kier alpha value is -3.55. The molecule has 2 aromatic rings. The molecule has 37 heavy (non-hydrogen) atoms. The lowest BCUT2D eigenvalue weighted by atomic mass is 10.0. The summed E-state index contributed by atoms with van der Waals surface area (Å²) in [6.45, 7) is 2.95. The van der Waals surface area contributed by atoms with Crippen LogP contribution in [-0.2, 0) is 19.6 Å². The minimum atomic E-state index is -4.81. The third-order valence-electron chi connectivity index (χ3n) is 5.71. The highest BCUT2D eigenvalue weighted by molar-refractivity contribution is 7.92. The number of hydrogen-bond donors (Lipinski definition) is 2. The summed E-state index contributed by atoms with van der Waals surface area (Å²) in [7, 11) is -4.28. The van der Waals surface area contributed by atoms with Crippen molar-refractivity contribution in [2.24, 2.45) is 0 Å². The first-order valence-corrected chi connectivity index (χ1v) is 12.5. The van der Waals surface area contributed by atoms with Crippen LogP contribution in [0.2, 0.25) is 0 Å². The summed E-state index contributed by atoms with van der Waals surface area (Å²) in [5.41, 5.74) is -2.83. The quantitative estimate of drug-likeness (QED) is 0.503. The van der Waals surface area contributed by atoms with Crippen LogP contribution in [0.3, 0.4) is 0 Å². The first-order chi connectivity index (χ1) is 17.2. The molecular weight excluding hydrogens is 522 g/mol. The number of ether oxygens (including phenoxy) is 2. The van der Waals surface area contributed by atoms with Crippen molar-refractivity contribution in [2.45, 2.75) is 50.0 Å². The van der Waals surface area contributed by atoms with Crippen molar-refractivity contribution < 1.29 is 45.0 Å². The monoisotopic (exact) mass is 547 g/mol. The average Bonchev–Trinajstić information content (AvgIpc) is 2.81. The number of nitrogens with zero attached hydrogens (tertiary/aromatic N) is 1. The van der Waals surface area contributed by atoms with Crippen LogP contribution < -0.4 is 19.7 Å². The van der Waals surface area contributed by atoms with E-state index in [4.69, 9.17) is 4.74 Å². The van der Waals surface area contributed by atoms with Crippen LogP contribution in [0.5, 0.6) is 5.75 Å². The van der Waals surface area contributed by atoms with Crippen molar-refractivity contribution >= 4 is 33.4 Å². The number of nitrogens with one attached hydrogen (secondary N) is 2. The van der Waals surface area contributed by atoms with Crippen LogP contribution in [0.25, 0.3) is 0 Å². The lowest BCUT2D eigenvalue weighted by Crippen LogP contribution is -2.48. The topological polar surface area (TPSA) is 114 Å². The maximum Gasteiger partial charge on any atom is 0.428 e. The Morgan fingerprint density at radius 3 is 2.38 bits per heavy atom. The summed E-state index contributed by atoms with van der Waals surface area (Å²) in [5.74, 6) is -0.939. The highest BCUT2D eigenvalue weighted by Gasteiger charge is 2.53. The Kier molecular flexibility index (Phi) is 7.91. The highest BCUT2D eigenvalue weighted by atomic mass is 32.2. The summed E-state index contributed by atoms with van der Waals surface area (Å²) < 4.78 is 91.6. The van der Waals surface area contributed by atoms with E-state index in [0.29, 0.717) is 0 Å². The number of amides is 2. The van der Waals surface area contributed by atoms with E-state index in [1.165, 1.54) is 32.0 Å². The number of carbonyl (C=O) groups excluding carboxylic acids is 2. The van der Waals surface area contributed by atoms with Gasteiger partial charge in [-0.25, -0.2) is 17.6 Å². The normalized spacial score (nSPS) is 17.2. The number of alkyl halides is 3. The van der Waals surface area contributed by atoms with E-state index in [9.17, 15) is 35.6 Å². The predicted molar refractivity (Wildman–Crippen MR) is 125 cm³/mol. The largest absolute Gasteiger partial charge is 0.484 e. The summed E-state index contributed by atoms with van der Waals surface area (Å²) >= 11 is 0. The molecule has 1 aliphatic rings. The number of sulfonamides is 1. The van der Waals surface area contributed by atoms with E-state index in [1.807, 2.05) is 0 Å². The molecular formula is C23H25F4N3O6S. The van der Waals surface area contributed by atoms with Gasteiger partial charge in [0, 0.05) is 12.6 Å². The molecule has 14 heteroatoms. The Morgan fingerprint density at radius 2 is 1.81 bits per heavy atom. The fourth-order valence-corrected chi connectivity index (χ4v) is 4.89. The van der Waals surface area contributed by atoms with Gasteiger partial charge in [-0.2, -0.15) is 13.2 Å². The second kappa shape index (κ2) is 10.4. The maximum atomic E-state index is 13.4. The minimum Gasteiger partial charge on any atom is -0.484 e. The second-order valence-corrected chi connectivity index (χ2v) is 10.3. The molecule has 2 amide bonds. The standard InChI is InChI=1S/C23H25F4N3O6S/c1-4-22(3,23(25,26)27)36-21(32)29-16-7-10-20-19(11-16)30(13-17(35-20)12-28-14(2)31)37(33,34)18-8-5-15(24)6-9-18/h5-11,17H,4,12-13H2,1-3H3,(H,28,31)(H,29,32)/t17-,22?/m0/s1. The highest BCUT2D eigenvalue weighted by Crippen LogP contribution is 2.40. The Labute approximate surface area is 210 Å². The average molecular weight is 548 g/mol. The smallest absolute Gasteiger partial charge is 0.428 e. The van der Waals surface area contributed by atoms with Crippen molar-refractivity contribution in [3.63, 3.8) is 0 Å². The number of fused-ring (bicyclic) bond motifs is 1. The molecule has 2 atom stereocenters. The zero-order valence-corrected chi connectivity index (χ0v) is 20.9. The van der Waals surface area contributed by atoms with E-state index in [-0.39, 0.29) is 41.0 Å². The fraction of sp³-hybridized carbons (Fsp3) is 0.391. The summed E-state index contributed by atoms with van der Waals surface area (Å²) in [5, 5.41) is 4.72. The van der Waals surface area contributed by atoms with Gasteiger partial charge in [-0.05, 0) is 55.8 Å². The van der Waals surface area contributed by atoms with Gasteiger partial charge in [-0.15, -0.1) is 0 Å². The number of anilines is 2. The molecule has 0 fully saturated rings. The van der Waals surface area contributed by atoms with Crippen molar-refractivity contribution in [1.82, 2.24) is 5.32 Å². The van der Waals surface area contributed by atoms with Crippen LogP contribution in [0.15, 0.2) is 47.4 Å². The van der Waals surface area contributed by atoms with E-state index in [0.717, 1.165) is 35.5 Å². The number of benzene rings is 2. The molecule has 2 N–H and O–H groups in total. The van der Waals surface area contributed by atoms with Crippen LogP contribution in [-0.4, -0.2) is 51.4 Å². The lowest BCUT2D eigenvalue weighted by molar-refractivity contribution is -0.250. The predicted octanol–water partition coefficient (Wildman–Crippen LogP) is 4.20. The van der Waals surface area contributed by atoms with Gasteiger partial charge in [0.2, 0.25) is 11.5 Å². The Bertz CT molecular complexity index is 1270. The van der Waals surface area contributed by atoms with E-state index < -0.39 is 46.2 Å². The fourth-order valence-electron chi connectivity index (χ4n) is 3.39. The first kappa shape index (κ1) is 28.0. The van der Waals surface area contributed by atoms with Gasteiger partial charge in [-0.3, -0.25) is 14.4 Å². The number of carbonyl (C=O) groups is 2. The van der Waals surface area contributed by atoms with Gasteiger partial charge in [0.25, 0.3) is 10.0 Å². The van der Waals surface area contributed by atoms with Gasteiger partial charge in [-0.1, -0.05) is 6.92 Å². The lowest BCUT2D eigenvalue weighted by Gasteiger charge is -2.36. The molecule has 0 bridgehead atoms. The molecule has 0 saturated heterocycles. The SMILES string of the molecule is CCC(C)(OC(=O)Nc1ccc2c(c1)N(S(=O)(=O)c1ccc(F)cc1)C[C@H](CNC(C)=O)O2)C(F)(F)F. The van der Waals surface area contributed by atoms with E-state index in [2.05, 4.69) is 15.4 Å².